The Hall–Kier alpha value is -3.46. The number of rotatable bonds is 9. The van der Waals surface area contributed by atoms with Crippen LogP contribution >= 0.6 is 0 Å². The Balaban J connectivity index is 1.60. The Bertz CT molecular complexity index is 1310. The molecule has 12 nitrogen and oxygen atoms in total. The zero-order valence-electron chi connectivity index (χ0n) is 21.8. The Morgan fingerprint density at radius 3 is 2.67 bits per heavy atom. The van der Waals surface area contributed by atoms with E-state index in [4.69, 9.17) is 19.1 Å². The summed E-state index contributed by atoms with van der Waals surface area (Å²) >= 11 is 0. The Kier molecular flexibility index (Phi) is 8.30. The molecule has 3 aromatic rings. The van der Waals surface area contributed by atoms with Crippen molar-refractivity contribution in [2.24, 2.45) is 0 Å². The number of nitrogens with zero attached hydrogens (tertiary/aromatic N) is 4. The maximum Gasteiger partial charge on any atom is 0.404 e. The van der Waals surface area contributed by atoms with Gasteiger partial charge in [0.1, 0.15) is 35.8 Å². The van der Waals surface area contributed by atoms with Crippen LogP contribution in [0.1, 0.15) is 36.9 Å². The number of carbonyl (C=O) groups is 1. The molecule has 1 fully saturated rings. The summed E-state index contributed by atoms with van der Waals surface area (Å²) in [5.74, 6) is -1.65. The number of methoxy groups -OCH3 is 1. The van der Waals surface area contributed by atoms with Crippen LogP contribution in [0.25, 0.3) is 11.3 Å². The van der Waals surface area contributed by atoms with Gasteiger partial charge in [0.25, 0.3) is 0 Å². The van der Waals surface area contributed by atoms with Gasteiger partial charge in [-0.2, -0.15) is 0 Å². The highest BCUT2D eigenvalue weighted by molar-refractivity contribution is 5.64. The van der Waals surface area contributed by atoms with Crippen LogP contribution in [-0.4, -0.2) is 86.2 Å². The van der Waals surface area contributed by atoms with Crippen molar-refractivity contribution in [1.82, 2.24) is 25.5 Å². The number of ether oxygens (including phenoxy) is 2. The third-order valence-electron chi connectivity index (χ3n) is 6.94. The number of nitrogens with one attached hydrogen (secondary N) is 1. The van der Waals surface area contributed by atoms with E-state index >= 15 is 0 Å². The Morgan fingerprint density at radius 1 is 1.26 bits per heavy atom. The molecule has 14 heteroatoms. The molecule has 0 saturated carbocycles. The van der Waals surface area contributed by atoms with Gasteiger partial charge in [0.2, 0.25) is 0 Å². The van der Waals surface area contributed by atoms with Crippen LogP contribution in [0.5, 0.6) is 0 Å². The molecule has 1 amide bonds. The minimum atomic E-state index is -1.28. The molecule has 4 rings (SSSR count). The summed E-state index contributed by atoms with van der Waals surface area (Å²) in [7, 11) is 1.42. The van der Waals surface area contributed by atoms with Gasteiger partial charge in [0.15, 0.2) is 11.6 Å². The van der Waals surface area contributed by atoms with E-state index in [0.29, 0.717) is 11.5 Å². The van der Waals surface area contributed by atoms with Crippen LogP contribution in [-0.2, 0) is 21.3 Å². The second-order valence-electron chi connectivity index (χ2n) is 10.1. The first-order chi connectivity index (χ1) is 18.5. The van der Waals surface area contributed by atoms with E-state index in [1.165, 1.54) is 37.0 Å². The molecule has 5 atom stereocenters. The first-order valence-electron chi connectivity index (χ1n) is 12.2. The number of aliphatic hydroxyl groups excluding tert-OH is 2. The lowest BCUT2D eigenvalue weighted by atomic mass is 9.88. The molecule has 4 N–H and O–H groups in total. The smallest absolute Gasteiger partial charge is 0.404 e. The van der Waals surface area contributed by atoms with Crippen LogP contribution < -0.4 is 5.32 Å². The van der Waals surface area contributed by atoms with E-state index in [1.54, 1.807) is 19.9 Å². The van der Waals surface area contributed by atoms with Crippen LogP contribution in [0.15, 0.2) is 28.9 Å². The number of benzene rings is 1. The second kappa shape index (κ2) is 11.3. The van der Waals surface area contributed by atoms with Crippen LogP contribution in [0, 0.1) is 18.6 Å². The predicted molar refractivity (Wildman–Crippen MR) is 131 cm³/mol. The van der Waals surface area contributed by atoms with E-state index in [9.17, 15) is 23.8 Å². The number of halogens is 2. The van der Waals surface area contributed by atoms with Crippen molar-refractivity contribution in [3.05, 3.63) is 53.0 Å². The summed E-state index contributed by atoms with van der Waals surface area (Å²) in [6, 6.07) is 3.58. The molecule has 2 aromatic heterocycles. The van der Waals surface area contributed by atoms with Crippen molar-refractivity contribution in [2.45, 2.75) is 63.1 Å². The maximum atomic E-state index is 14.6. The summed E-state index contributed by atoms with van der Waals surface area (Å²) in [6.45, 7) is 4.65. The highest BCUT2D eigenvalue weighted by Crippen LogP contribution is 2.35. The van der Waals surface area contributed by atoms with Crippen LogP contribution in [0.2, 0.25) is 0 Å². The fourth-order valence-corrected chi connectivity index (χ4v) is 4.63. The number of hydrogen-bond acceptors (Lipinski definition) is 9. The zero-order valence-corrected chi connectivity index (χ0v) is 21.8. The van der Waals surface area contributed by atoms with Gasteiger partial charge in [0, 0.05) is 37.1 Å². The molecule has 1 aliphatic rings. The van der Waals surface area contributed by atoms with Crippen molar-refractivity contribution >= 4 is 6.09 Å². The molecule has 3 heterocycles. The number of hydrogen-bond donors (Lipinski definition) is 4. The Labute approximate surface area is 222 Å². The summed E-state index contributed by atoms with van der Waals surface area (Å²) < 4.78 is 47.1. The van der Waals surface area contributed by atoms with Crippen molar-refractivity contribution < 1.29 is 42.9 Å². The molecule has 1 aliphatic heterocycles. The fraction of sp³-hybridized carbons (Fsp3) is 0.520. The first kappa shape index (κ1) is 28.5. The van der Waals surface area contributed by atoms with E-state index in [2.05, 4.69) is 20.8 Å². The third-order valence-corrected chi connectivity index (χ3v) is 6.94. The first-order valence-corrected chi connectivity index (χ1v) is 12.2. The fourth-order valence-electron chi connectivity index (χ4n) is 4.63. The van der Waals surface area contributed by atoms with Crippen molar-refractivity contribution in [2.75, 3.05) is 20.3 Å². The van der Waals surface area contributed by atoms with Gasteiger partial charge >= 0.3 is 6.09 Å². The number of aliphatic hydroxyl groups is 2. The Morgan fingerprint density at radius 2 is 2.00 bits per heavy atom. The minimum Gasteiger partial charge on any atom is -0.465 e. The van der Waals surface area contributed by atoms with Crippen molar-refractivity contribution in [3.63, 3.8) is 0 Å². The second-order valence-corrected chi connectivity index (χ2v) is 10.1. The SMILES string of the molecule is CO[C@@H]1[C@@H](n2cc(-c3ccc(C)c(F)c3F)nn2)[C@@H](O)[C@@H](CO)O[C@@H]1Cc1cc(C(C)(C)CNC(=O)O)no1. The molecule has 1 saturated heterocycles. The number of carboxylic acid groups (broad SMARTS) is 1. The topological polar surface area (TPSA) is 165 Å². The highest BCUT2D eigenvalue weighted by atomic mass is 19.2. The van der Waals surface area contributed by atoms with Gasteiger partial charge in [-0.25, -0.2) is 18.3 Å². The standard InChI is InChI=1S/C25H31F2N5O7/c1-12-5-6-14(20(27)19(12)26)15-9-32(31-29-15)21-22(34)17(10-33)38-16(23(21)37-4)7-13-8-18(30-39-13)25(2,3)11-28-24(35)36/h5-6,8-9,16-17,21-23,28,33-34H,7,10-11H2,1-4H3,(H,35,36)/t16-,17-,21+,22+,23+/m1/s1. The molecule has 0 unspecified atom stereocenters. The van der Waals surface area contributed by atoms with Crippen LogP contribution in [0.3, 0.4) is 0 Å². The summed E-state index contributed by atoms with van der Waals surface area (Å²) in [5, 5.41) is 44.3. The molecule has 39 heavy (non-hydrogen) atoms. The van der Waals surface area contributed by atoms with Crippen molar-refractivity contribution in [3.8, 4) is 11.3 Å². The summed E-state index contributed by atoms with van der Waals surface area (Å²) in [6.07, 6.45) is -3.53. The molecule has 0 bridgehead atoms. The van der Waals surface area contributed by atoms with Gasteiger partial charge in [-0.15, -0.1) is 5.10 Å². The number of amides is 1. The number of aromatic nitrogens is 4. The predicted octanol–water partition coefficient (Wildman–Crippen LogP) is 1.98. The molecule has 1 aromatic carbocycles. The monoisotopic (exact) mass is 551 g/mol. The molecular formula is C25H31F2N5O7. The van der Waals surface area contributed by atoms with Crippen LogP contribution in [0.4, 0.5) is 13.6 Å². The maximum absolute atomic E-state index is 14.6. The molecule has 212 valence electrons. The van der Waals surface area contributed by atoms with E-state index in [0.717, 1.165) is 0 Å². The normalized spacial score (nSPS) is 23.6. The van der Waals surface area contributed by atoms with Gasteiger partial charge in [-0.3, -0.25) is 0 Å². The lowest BCUT2D eigenvalue weighted by Crippen LogP contribution is -2.57. The van der Waals surface area contributed by atoms with Gasteiger partial charge in [0.05, 0.1) is 24.6 Å². The lowest BCUT2D eigenvalue weighted by molar-refractivity contribution is -0.212. The lowest BCUT2D eigenvalue weighted by Gasteiger charge is -2.43. The molecular weight excluding hydrogens is 520 g/mol. The quantitative estimate of drug-likeness (QED) is 0.309. The zero-order chi connectivity index (χ0) is 28.5. The van der Waals surface area contributed by atoms with Gasteiger partial charge in [-0.05, 0) is 18.6 Å². The van der Waals surface area contributed by atoms with Gasteiger partial charge in [-0.1, -0.05) is 30.3 Å². The minimum absolute atomic E-state index is 0.0501. The molecule has 0 radical (unpaired) electrons. The average molecular weight is 552 g/mol. The largest absolute Gasteiger partial charge is 0.465 e. The van der Waals surface area contributed by atoms with Gasteiger partial charge < -0.3 is 34.6 Å². The molecule has 0 spiro atoms. The van der Waals surface area contributed by atoms with E-state index < -0.39 is 60.2 Å². The third kappa shape index (κ3) is 5.78. The summed E-state index contributed by atoms with van der Waals surface area (Å²) in [4.78, 5) is 10.9. The highest BCUT2D eigenvalue weighted by Gasteiger charge is 2.47. The van der Waals surface area contributed by atoms with E-state index in [-0.39, 0.29) is 29.8 Å². The average Bonchev–Trinajstić information content (AvgIpc) is 3.57. The number of aryl methyl sites for hydroxylation is 1. The van der Waals surface area contributed by atoms with E-state index in [1.807, 2.05) is 0 Å². The summed E-state index contributed by atoms with van der Waals surface area (Å²) in [5.41, 5.74) is -0.0469. The molecule has 0 aliphatic carbocycles. The van der Waals surface area contributed by atoms with Crippen molar-refractivity contribution in [1.29, 1.82) is 0 Å².